The van der Waals surface area contributed by atoms with Gasteiger partial charge in [-0.05, 0) is 26.1 Å². The average Bonchev–Trinajstić information content (AvgIpc) is 2.63. The van der Waals surface area contributed by atoms with Gasteiger partial charge in [0.05, 0.1) is 6.54 Å². The lowest BCUT2D eigenvalue weighted by Gasteiger charge is -2.20. The van der Waals surface area contributed by atoms with Crippen LogP contribution in [0.3, 0.4) is 0 Å². The number of hydrogen-bond donors (Lipinski definition) is 1. The third kappa shape index (κ3) is 3.61. The molecule has 3 nitrogen and oxygen atoms in total. The lowest BCUT2D eigenvalue weighted by Crippen LogP contribution is -2.35. The third-order valence-electron chi connectivity index (χ3n) is 2.50. The van der Waals surface area contributed by atoms with Crippen LogP contribution in [0.4, 0.5) is 0 Å². The number of nitrogens with zero attached hydrogens (tertiary/aromatic N) is 1. The van der Waals surface area contributed by atoms with Gasteiger partial charge < -0.3 is 10.2 Å². The Hall–Kier alpha value is -0.870. The molecule has 1 aromatic rings. The Bertz CT molecular complexity index is 349. The summed E-state index contributed by atoms with van der Waals surface area (Å²) in [5.74, 6) is 0.233. The van der Waals surface area contributed by atoms with Crippen molar-refractivity contribution in [3.63, 3.8) is 0 Å². The number of rotatable bonds is 5. The SMILES string of the molecule is CNCC(C)C(=O)N(C)Cc1ccc(C)s1. The van der Waals surface area contributed by atoms with Crippen molar-refractivity contribution in [1.82, 2.24) is 10.2 Å². The third-order valence-corrected chi connectivity index (χ3v) is 3.48. The van der Waals surface area contributed by atoms with Gasteiger partial charge in [0, 0.05) is 29.3 Å². The predicted molar refractivity (Wildman–Crippen MR) is 68.6 cm³/mol. The number of carbonyl (C=O) groups excluding carboxylic acids is 1. The van der Waals surface area contributed by atoms with Gasteiger partial charge in [-0.3, -0.25) is 4.79 Å². The lowest BCUT2D eigenvalue weighted by atomic mass is 10.1. The predicted octanol–water partition coefficient (Wildman–Crippen LogP) is 1.87. The molecule has 0 spiro atoms. The summed E-state index contributed by atoms with van der Waals surface area (Å²) in [6.45, 7) is 5.48. The van der Waals surface area contributed by atoms with Crippen LogP contribution in [0.1, 0.15) is 16.7 Å². The highest BCUT2D eigenvalue weighted by molar-refractivity contribution is 7.11. The second kappa shape index (κ2) is 6.01. The summed E-state index contributed by atoms with van der Waals surface area (Å²) in [4.78, 5) is 16.3. The van der Waals surface area contributed by atoms with E-state index in [4.69, 9.17) is 0 Å². The Morgan fingerprint density at radius 3 is 2.75 bits per heavy atom. The zero-order valence-electron chi connectivity index (χ0n) is 10.4. The van der Waals surface area contributed by atoms with Gasteiger partial charge in [-0.1, -0.05) is 6.92 Å². The van der Waals surface area contributed by atoms with Gasteiger partial charge >= 0.3 is 0 Å². The highest BCUT2D eigenvalue weighted by Gasteiger charge is 2.16. The van der Waals surface area contributed by atoms with Gasteiger partial charge in [0.1, 0.15) is 0 Å². The number of aryl methyl sites for hydroxylation is 1. The molecule has 0 radical (unpaired) electrons. The van der Waals surface area contributed by atoms with Crippen LogP contribution < -0.4 is 5.32 Å². The zero-order chi connectivity index (χ0) is 12.1. The van der Waals surface area contributed by atoms with Gasteiger partial charge in [0.15, 0.2) is 0 Å². The lowest BCUT2D eigenvalue weighted by molar-refractivity contribution is -0.134. The zero-order valence-corrected chi connectivity index (χ0v) is 11.2. The normalized spacial score (nSPS) is 12.5. The first-order chi connectivity index (χ1) is 7.54. The van der Waals surface area contributed by atoms with Crippen molar-refractivity contribution in [3.8, 4) is 0 Å². The fraction of sp³-hybridized carbons (Fsp3) is 0.583. The van der Waals surface area contributed by atoms with E-state index in [1.54, 1.807) is 16.2 Å². The molecular formula is C12H20N2OS. The molecule has 1 heterocycles. The molecule has 0 bridgehead atoms. The summed E-state index contributed by atoms with van der Waals surface area (Å²) in [6.07, 6.45) is 0. The maximum absolute atomic E-state index is 11.9. The number of thiophene rings is 1. The van der Waals surface area contributed by atoms with Crippen molar-refractivity contribution in [3.05, 3.63) is 21.9 Å². The van der Waals surface area contributed by atoms with Crippen molar-refractivity contribution in [2.24, 2.45) is 5.92 Å². The van der Waals surface area contributed by atoms with Gasteiger partial charge in [0.25, 0.3) is 0 Å². The maximum atomic E-state index is 11.9. The molecule has 90 valence electrons. The Labute approximate surface area is 101 Å². The summed E-state index contributed by atoms with van der Waals surface area (Å²) in [5, 5.41) is 3.03. The highest BCUT2D eigenvalue weighted by Crippen LogP contribution is 2.17. The molecule has 0 aliphatic heterocycles. The van der Waals surface area contributed by atoms with Crippen molar-refractivity contribution >= 4 is 17.2 Å². The Kier molecular flexibility index (Phi) is 4.96. The van der Waals surface area contributed by atoms with Crippen molar-refractivity contribution in [1.29, 1.82) is 0 Å². The van der Waals surface area contributed by atoms with Gasteiger partial charge in [-0.15, -0.1) is 11.3 Å². The second-order valence-electron chi connectivity index (χ2n) is 4.17. The molecule has 0 aliphatic rings. The molecule has 0 aliphatic carbocycles. The summed E-state index contributed by atoms with van der Waals surface area (Å²) < 4.78 is 0. The van der Waals surface area contributed by atoms with Crippen LogP contribution in [0.5, 0.6) is 0 Å². The second-order valence-corrected chi connectivity index (χ2v) is 5.54. The first-order valence-corrected chi connectivity index (χ1v) is 6.31. The van der Waals surface area contributed by atoms with Gasteiger partial charge in [0.2, 0.25) is 5.91 Å². The van der Waals surface area contributed by atoms with Crippen LogP contribution in [-0.2, 0) is 11.3 Å². The van der Waals surface area contributed by atoms with Crippen LogP contribution in [0.25, 0.3) is 0 Å². The van der Waals surface area contributed by atoms with Gasteiger partial charge in [-0.25, -0.2) is 0 Å². The quantitative estimate of drug-likeness (QED) is 0.852. The number of nitrogens with one attached hydrogen (secondary N) is 1. The first-order valence-electron chi connectivity index (χ1n) is 5.49. The Morgan fingerprint density at radius 1 is 1.56 bits per heavy atom. The molecular weight excluding hydrogens is 220 g/mol. The topological polar surface area (TPSA) is 32.3 Å². The van der Waals surface area contributed by atoms with E-state index < -0.39 is 0 Å². The van der Waals surface area contributed by atoms with Crippen LogP contribution in [-0.4, -0.2) is 31.4 Å². The summed E-state index contributed by atoms with van der Waals surface area (Å²) in [5.41, 5.74) is 0. The molecule has 1 unspecified atom stereocenters. The fourth-order valence-corrected chi connectivity index (χ4v) is 2.60. The molecule has 1 amide bonds. The number of hydrogen-bond acceptors (Lipinski definition) is 3. The van der Waals surface area contributed by atoms with Crippen LogP contribution in [0.2, 0.25) is 0 Å². The molecule has 4 heteroatoms. The average molecular weight is 240 g/mol. The molecule has 1 N–H and O–H groups in total. The Morgan fingerprint density at radius 2 is 2.25 bits per heavy atom. The fourth-order valence-electron chi connectivity index (χ4n) is 1.65. The van der Waals surface area contributed by atoms with E-state index in [9.17, 15) is 4.79 Å². The van der Waals surface area contributed by atoms with E-state index in [2.05, 4.69) is 24.4 Å². The largest absolute Gasteiger partial charge is 0.340 e. The van der Waals surface area contributed by atoms with Crippen molar-refractivity contribution in [2.75, 3.05) is 20.6 Å². The first kappa shape index (κ1) is 13.2. The molecule has 0 saturated heterocycles. The highest BCUT2D eigenvalue weighted by atomic mass is 32.1. The molecule has 1 rings (SSSR count). The minimum absolute atomic E-state index is 0.0380. The maximum Gasteiger partial charge on any atom is 0.226 e. The summed E-state index contributed by atoms with van der Waals surface area (Å²) >= 11 is 1.75. The van der Waals surface area contributed by atoms with Gasteiger partial charge in [-0.2, -0.15) is 0 Å². The van der Waals surface area contributed by atoms with E-state index in [-0.39, 0.29) is 11.8 Å². The Balaban J connectivity index is 2.51. The standard InChI is InChI=1S/C12H20N2OS/c1-9(7-13-3)12(15)14(4)8-11-6-5-10(2)16-11/h5-6,9,13H,7-8H2,1-4H3. The molecule has 0 fully saturated rings. The summed E-state index contributed by atoms with van der Waals surface area (Å²) in [6, 6.07) is 4.18. The van der Waals surface area contributed by atoms with E-state index in [0.29, 0.717) is 6.54 Å². The number of carbonyl (C=O) groups is 1. The molecule has 1 atom stereocenters. The van der Waals surface area contributed by atoms with Crippen LogP contribution in [0, 0.1) is 12.8 Å². The van der Waals surface area contributed by atoms with Crippen LogP contribution >= 0.6 is 11.3 Å². The van der Waals surface area contributed by atoms with E-state index in [1.165, 1.54) is 9.75 Å². The van der Waals surface area contributed by atoms with Crippen molar-refractivity contribution < 1.29 is 4.79 Å². The molecule has 0 saturated carbocycles. The monoisotopic (exact) mass is 240 g/mol. The molecule has 1 aromatic heterocycles. The molecule has 0 aromatic carbocycles. The summed E-state index contributed by atoms with van der Waals surface area (Å²) in [7, 11) is 3.73. The number of amides is 1. The van der Waals surface area contributed by atoms with E-state index in [1.807, 2.05) is 21.0 Å². The minimum Gasteiger partial charge on any atom is -0.340 e. The minimum atomic E-state index is 0.0380. The van der Waals surface area contributed by atoms with E-state index in [0.717, 1.165) is 6.54 Å². The van der Waals surface area contributed by atoms with Crippen molar-refractivity contribution in [2.45, 2.75) is 20.4 Å². The van der Waals surface area contributed by atoms with Crippen LogP contribution in [0.15, 0.2) is 12.1 Å². The smallest absolute Gasteiger partial charge is 0.226 e. The molecule has 16 heavy (non-hydrogen) atoms. The van der Waals surface area contributed by atoms with E-state index >= 15 is 0 Å².